The van der Waals surface area contributed by atoms with Crippen molar-refractivity contribution in [3.8, 4) is 0 Å². The summed E-state index contributed by atoms with van der Waals surface area (Å²) in [6, 6.07) is 0.372. The Bertz CT molecular complexity index is 358. The van der Waals surface area contributed by atoms with Gasteiger partial charge in [0.15, 0.2) is 0 Å². The molecule has 2 rings (SSSR count). The topological polar surface area (TPSA) is 34.2 Å². The van der Waals surface area contributed by atoms with Crippen molar-refractivity contribution >= 4 is 11.3 Å². The summed E-state index contributed by atoms with van der Waals surface area (Å²) in [7, 11) is 3.88. The molecule has 3 nitrogen and oxygen atoms in total. The van der Waals surface area contributed by atoms with Crippen molar-refractivity contribution in [3.63, 3.8) is 0 Å². The van der Waals surface area contributed by atoms with Gasteiger partial charge in [0.05, 0.1) is 16.3 Å². The Balaban J connectivity index is 2.10. The fourth-order valence-corrected chi connectivity index (χ4v) is 3.56. The molecule has 0 radical (unpaired) electrons. The van der Waals surface area contributed by atoms with Crippen LogP contribution in [0.3, 0.4) is 0 Å². The van der Waals surface area contributed by atoms with Crippen LogP contribution in [0.4, 0.5) is 0 Å². The molecule has 1 aliphatic rings. The van der Waals surface area contributed by atoms with Crippen molar-refractivity contribution in [2.24, 2.45) is 0 Å². The van der Waals surface area contributed by atoms with E-state index < -0.39 is 0 Å². The summed E-state index contributed by atoms with van der Waals surface area (Å²) in [5.74, 6) is 0. The summed E-state index contributed by atoms with van der Waals surface area (Å²) >= 11 is 1.73. The van der Waals surface area contributed by atoms with Crippen molar-refractivity contribution in [1.82, 2.24) is 10.3 Å². The summed E-state index contributed by atoms with van der Waals surface area (Å²) in [6.45, 7) is 2.06. The van der Waals surface area contributed by atoms with Gasteiger partial charge in [-0.1, -0.05) is 12.8 Å². The summed E-state index contributed by atoms with van der Waals surface area (Å²) in [5.41, 5.74) is 1.21. The Morgan fingerprint density at radius 2 is 2.24 bits per heavy atom. The number of aromatic nitrogens is 1. The number of ether oxygens (including phenoxy) is 1. The highest BCUT2D eigenvalue weighted by atomic mass is 32.1. The van der Waals surface area contributed by atoms with E-state index in [0.29, 0.717) is 6.04 Å². The summed E-state index contributed by atoms with van der Waals surface area (Å²) in [4.78, 5) is 4.56. The fraction of sp³-hybridized carbons (Fsp3) is 0.769. The Morgan fingerprint density at radius 1 is 1.53 bits per heavy atom. The molecule has 1 atom stereocenters. The van der Waals surface area contributed by atoms with Gasteiger partial charge in [0, 0.05) is 25.0 Å². The standard InChI is InChI=1S/C13H22N2OS/c1-10-15-11(9-17-10)8-12(14-2)13(16-3)6-4-5-7-13/h9,12,14H,4-8H2,1-3H3. The number of hydrogen-bond donors (Lipinski definition) is 1. The molecule has 0 aromatic carbocycles. The molecule has 1 aliphatic carbocycles. The van der Waals surface area contributed by atoms with Crippen LogP contribution in [0.5, 0.6) is 0 Å². The SMILES string of the molecule is CNC(Cc1csc(C)n1)C1(OC)CCCC1. The van der Waals surface area contributed by atoms with Crippen LogP contribution in [-0.4, -0.2) is 30.8 Å². The number of rotatable bonds is 5. The number of nitrogens with one attached hydrogen (secondary N) is 1. The molecule has 0 spiro atoms. The lowest BCUT2D eigenvalue weighted by Crippen LogP contribution is -2.50. The van der Waals surface area contributed by atoms with Crippen molar-refractivity contribution < 1.29 is 4.74 Å². The second-order valence-electron chi connectivity index (χ2n) is 4.88. The molecule has 96 valence electrons. The van der Waals surface area contributed by atoms with Gasteiger partial charge in [0.1, 0.15) is 0 Å². The lowest BCUT2D eigenvalue weighted by molar-refractivity contribution is -0.0338. The number of hydrogen-bond acceptors (Lipinski definition) is 4. The van der Waals surface area contributed by atoms with E-state index in [0.717, 1.165) is 24.3 Å². The molecule has 0 amide bonds. The minimum absolute atomic E-state index is 0.0201. The van der Waals surface area contributed by atoms with Gasteiger partial charge in [-0.05, 0) is 26.8 Å². The maximum Gasteiger partial charge on any atom is 0.0897 e. The molecule has 1 heterocycles. The quantitative estimate of drug-likeness (QED) is 0.877. The number of nitrogens with zero attached hydrogens (tertiary/aromatic N) is 1. The van der Waals surface area contributed by atoms with Crippen molar-refractivity contribution in [1.29, 1.82) is 0 Å². The van der Waals surface area contributed by atoms with Crippen molar-refractivity contribution in [2.45, 2.75) is 50.7 Å². The van der Waals surface area contributed by atoms with Crippen LogP contribution in [0, 0.1) is 6.92 Å². The molecule has 1 aromatic rings. The summed E-state index contributed by atoms with van der Waals surface area (Å²) in [6.07, 6.45) is 5.86. The van der Waals surface area contributed by atoms with Crippen LogP contribution < -0.4 is 5.32 Å². The minimum atomic E-state index is 0.0201. The van der Waals surface area contributed by atoms with Gasteiger partial charge in [-0.3, -0.25) is 0 Å². The van der Waals surface area contributed by atoms with Crippen LogP contribution in [0.2, 0.25) is 0 Å². The molecule has 0 aliphatic heterocycles. The van der Waals surface area contributed by atoms with E-state index >= 15 is 0 Å². The number of aryl methyl sites for hydroxylation is 1. The van der Waals surface area contributed by atoms with Gasteiger partial charge >= 0.3 is 0 Å². The van der Waals surface area contributed by atoms with E-state index in [1.807, 2.05) is 14.2 Å². The summed E-state index contributed by atoms with van der Waals surface area (Å²) < 4.78 is 5.84. The van der Waals surface area contributed by atoms with E-state index in [2.05, 4.69) is 22.6 Å². The number of methoxy groups -OCH3 is 1. The molecule has 1 N–H and O–H groups in total. The summed E-state index contributed by atoms with van der Waals surface area (Å²) in [5, 5.41) is 6.74. The first kappa shape index (κ1) is 13.0. The Hall–Kier alpha value is -0.450. The van der Waals surface area contributed by atoms with Crippen LogP contribution >= 0.6 is 11.3 Å². The molecule has 0 bridgehead atoms. The highest BCUT2D eigenvalue weighted by Crippen LogP contribution is 2.36. The minimum Gasteiger partial charge on any atom is -0.377 e. The van der Waals surface area contributed by atoms with E-state index in [-0.39, 0.29) is 5.60 Å². The first-order chi connectivity index (χ1) is 8.20. The maximum atomic E-state index is 5.84. The smallest absolute Gasteiger partial charge is 0.0897 e. The van der Waals surface area contributed by atoms with Gasteiger partial charge in [0.25, 0.3) is 0 Å². The van der Waals surface area contributed by atoms with E-state index in [9.17, 15) is 0 Å². The predicted molar refractivity (Wildman–Crippen MR) is 71.6 cm³/mol. The highest BCUT2D eigenvalue weighted by molar-refractivity contribution is 7.09. The largest absolute Gasteiger partial charge is 0.377 e. The van der Waals surface area contributed by atoms with Gasteiger partial charge in [0.2, 0.25) is 0 Å². The van der Waals surface area contributed by atoms with Gasteiger partial charge in [-0.2, -0.15) is 0 Å². The Kier molecular flexibility index (Phi) is 4.17. The molecule has 1 aromatic heterocycles. The first-order valence-electron chi connectivity index (χ1n) is 6.33. The lowest BCUT2D eigenvalue weighted by Gasteiger charge is -2.36. The molecule has 17 heavy (non-hydrogen) atoms. The average molecular weight is 254 g/mol. The lowest BCUT2D eigenvalue weighted by atomic mass is 9.89. The third-order valence-electron chi connectivity index (χ3n) is 3.92. The van der Waals surface area contributed by atoms with Crippen molar-refractivity contribution in [3.05, 3.63) is 16.1 Å². The molecule has 4 heteroatoms. The van der Waals surface area contributed by atoms with E-state index in [4.69, 9.17) is 4.74 Å². The van der Waals surface area contributed by atoms with Crippen LogP contribution in [0.25, 0.3) is 0 Å². The third kappa shape index (κ3) is 2.69. The number of likely N-dealkylation sites (N-methyl/N-ethyl adjacent to an activating group) is 1. The van der Waals surface area contributed by atoms with Crippen molar-refractivity contribution in [2.75, 3.05) is 14.2 Å². The molecule has 1 fully saturated rings. The normalized spacial score (nSPS) is 20.6. The van der Waals surface area contributed by atoms with E-state index in [1.165, 1.54) is 18.5 Å². The van der Waals surface area contributed by atoms with Crippen LogP contribution in [0.1, 0.15) is 36.4 Å². The fourth-order valence-electron chi connectivity index (χ4n) is 2.93. The first-order valence-corrected chi connectivity index (χ1v) is 7.21. The maximum absolute atomic E-state index is 5.84. The second kappa shape index (κ2) is 5.46. The Morgan fingerprint density at radius 3 is 2.71 bits per heavy atom. The second-order valence-corrected chi connectivity index (χ2v) is 5.94. The zero-order valence-electron chi connectivity index (χ0n) is 11.0. The average Bonchev–Trinajstić information content (AvgIpc) is 2.95. The molecular formula is C13H22N2OS. The van der Waals surface area contributed by atoms with E-state index in [1.54, 1.807) is 11.3 Å². The van der Waals surface area contributed by atoms with Gasteiger partial charge < -0.3 is 10.1 Å². The van der Waals surface area contributed by atoms with Gasteiger partial charge in [-0.15, -0.1) is 11.3 Å². The number of thiazole rings is 1. The zero-order chi connectivity index (χ0) is 12.3. The molecule has 1 saturated carbocycles. The van der Waals surface area contributed by atoms with Crippen LogP contribution in [0.15, 0.2) is 5.38 Å². The van der Waals surface area contributed by atoms with Crippen LogP contribution in [-0.2, 0) is 11.2 Å². The highest BCUT2D eigenvalue weighted by Gasteiger charge is 2.41. The molecule has 1 unspecified atom stereocenters. The predicted octanol–water partition coefficient (Wildman–Crippen LogP) is 2.54. The third-order valence-corrected chi connectivity index (χ3v) is 4.74. The molecular weight excluding hydrogens is 232 g/mol. The zero-order valence-corrected chi connectivity index (χ0v) is 11.8. The van der Waals surface area contributed by atoms with Gasteiger partial charge in [-0.25, -0.2) is 4.98 Å². The Labute approximate surface area is 108 Å². The molecule has 0 saturated heterocycles. The monoisotopic (exact) mass is 254 g/mol.